The van der Waals surface area contributed by atoms with Gasteiger partial charge in [-0.25, -0.2) is 4.57 Å². The van der Waals surface area contributed by atoms with Crippen LogP contribution in [0.25, 0.3) is 0 Å². The molecule has 10 heteroatoms. The van der Waals surface area contributed by atoms with Crippen LogP contribution in [0.4, 0.5) is 0 Å². The molecule has 0 aromatic heterocycles. The molecule has 0 aromatic rings. The van der Waals surface area contributed by atoms with Crippen LogP contribution in [-0.2, 0) is 32.7 Å². The number of rotatable bonds is 71. The molecule has 1 N–H and O–H groups in total. The third-order valence-corrected chi connectivity index (χ3v) is 18.0. The molecular formula is C79H147NO8P+. The molecule has 0 heterocycles. The zero-order valence-corrected chi connectivity index (χ0v) is 60.3. The summed E-state index contributed by atoms with van der Waals surface area (Å²) in [6.45, 7) is 4.38. The number of phosphoric acid groups is 1. The van der Waals surface area contributed by atoms with E-state index >= 15 is 0 Å². The Hall–Kier alpha value is -2.55. The Balaban J connectivity index is 3.97. The third kappa shape index (κ3) is 74.4. The van der Waals surface area contributed by atoms with E-state index in [0.29, 0.717) is 23.9 Å². The number of hydrogen-bond acceptors (Lipinski definition) is 7. The van der Waals surface area contributed by atoms with Crippen LogP contribution in [0, 0.1) is 0 Å². The summed E-state index contributed by atoms with van der Waals surface area (Å²) in [5.74, 6) is -0.781. The molecule has 2 atom stereocenters. The average molecular weight is 1270 g/mol. The lowest BCUT2D eigenvalue weighted by Gasteiger charge is -2.24. The predicted octanol–water partition coefficient (Wildman–Crippen LogP) is 25.1. The summed E-state index contributed by atoms with van der Waals surface area (Å²) in [5, 5.41) is 0. The Morgan fingerprint density at radius 3 is 0.955 bits per heavy atom. The minimum absolute atomic E-state index is 0.0319. The molecular weight excluding hydrogens is 1120 g/mol. The van der Waals surface area contributed by atoms with Gasteiger partial charge < -0.3 is 18.9 Å². The fourth-order valence-corrected chi connectivity index (χ4v) is 11.9. The van der Waals surface area contributed by atoms with Crippen molar-refractivity contribution < 1.29 is 42.1 Å². The first-order valence-corrected chi connectivity index (χ1v) is 39.7. The quantitative estimate of drug-likeness (QED) is 0.0211. The molecule has 0 aliphatic rings. The molecule has 0 spiro atoms. The number of nitrogens with zero attached hydrogens (tertiary/aromatic N) is 1. The lowest BCUT2D eigenvalue weighted by Crippen LogP contribution is -2.37. The van der Waals surface area contributed by atoms with Gasteiger partial charge in [0.15, 0.2) is 6.10 Å². The Morgan fingerprint density at radius 1 is 0.360 bits per heavy atom. The molecule has 0 aliphatic heterocycles. The van der Waals surface area contributed by atoms with Gasteiger partial charge in [0, 0.05) is 12.8 Å². The number of carbonyl (C=O) groups is 2. The van der Waals surface area contributed by atoms with Gasteiger partial charge in [0.05, 0.1) is 27.7 Å². The molecule has 0 aromatic carbocycles. The van der Waals surface area contributed by atoms with E-state index in [2.05, 4.69) is 86.8 Å². The van der Waals surface area contributed by atoms with Gasteiger partial charge in [-0.05, 0) is 64.2 Å². The second kappa shape index (κ2) is 69.8. The summed E-state index contributed by atoms with van der Waals surface area (Å²) in [6.07, 6.45) is 94.6. The smallest absolute Gasteiger partial charge is 0.462 e. The number of carbonyl (C=O) groups excluding carboxylic acids is 2. The summed E-state index contributed by atoms with van der Waals surface area (Å²) in [6, 6.07) is 0. The van der Waals surface area contributed by atoms with Gasteiger partial charge in [0.2, 0.25) is 0 Å². The highest BCUT2D eigenvalue weighted by Gasteiger charge is 2.27. The van der Waals surface area contributed by atoms with Crippen LogP contribution in [0.5, 0.6) is 0 Å². The minimum Gasteiger partial charge on any atom is -0.462 e. The van der Waals surface area contributed by atoms with Crippen molar-refractivity contribution in [1.82, 2.24) is 0 Å². The zero-order valence-electron chi connectivity index (χ0n) is 59.4. The monoisotopic (exact) mass is 1270 g/mol. The molecule has 2 unspecified atom stereocenters. The third-order valence-electron chi connectivity index (χ3n) is 17.0. The van der Waals surface area contributed by atoms with Crippen molar-refractivity contribution in [3.63, 3.8) is 0 Å². The molecule has 0 bridgehead atoms. The summed E-state index contributed by atoms with van der Waals surface area (Å²) in [5.41, 5.74) is 0. The Kier molecular flexibility index (Phi) is 67.8. The lowest BCUT2D eigenvalue weighted by molar-refractivity contribution is -0.870. The highest BCUT2D eigenvalue weighted by molar-refractivity contribution is 7.47. The molecule has 0 saturated heterocycles. The molecule has 0 fully saturated rings. The molecule has 9 nitrogen and oxygen atoms in total. The maximum atomic E-state index is 12.9. The molecule has 0 radical (unpaired) electrons. The van der Waals surface area contributed by atoms with E-state index in [9.17, 15) is 19.0 Å². The molecule has 0 aliphatic carbocycles. The maximum absolute atomic E-state index is 12.9. The summed E-state index contributed by atoms with van der Waals surface area (Å²) < 4.78 is 34.8. The standard InChI is InChI=1S/C79H146NO8P/c1-6-8-10-12-14-16-18-20-22-24-26-28-30-32-34-36-38-40-42-44-46-48-50-52-54-56-58-60-62-64-66-68-70-72-79(82)88-77(76-87-89(83,84)86-74-73-80(3,4)5)75-85-78(81)71-69-67-65-63-61-59-57-55-53-51-49-47-45-43-41-39-37-35-33-31-29-27-25-23-21-19-17-15-13-11-9-7-2/h8,10,14,16,20,22,26,28,32,34,38,40,77H,6-7,9,11-13,15,17-19,21,23-25,27,29-31,33,35-37,39,41-76H2,1-5H3/p+1/b10-8-,16-14-,22-20-,28-26-,34-32-,40-38-. The predicted molar refractivity (Wildman–Crippen MR) is 386 cm³/mol. The number of quaternary nitrogens is 1. The summed E-state index contributed by atoms with van der Waals surface area (Å²) >= 11 is 0. The van der Waals surface area contributed by atoms with Crippen molar-refractivity contribution in [2.45, 2.75) is 373 Å². The highest BCUT2D eigenvalue weighted by Crippen LogP contribution is 2.43. The van der Waals surface area contributed by atoms with Gasteiger partial charge in [-0.3, -0.25) is 18.6 Å². The topological polar surface area (TPSA) is 108 Å². The Labute approximate surface area is 552 Å². The Bertz CT molecular complexity index is 1730. The fraction of sp³-hybridized carbons (Fsp3) is 0.823. The van der Waals surface area contributed by atoms with Crippen LogP contribution in [0.15, 0.2) is 72.9 Å². The van der Waals surface area contributed by atoms with E-state index in [1.807, 2.05) is 21.1 Å². The van der Waals surface area contributed by atoms with Crippen LogP contribution in [0.1, 0.15) is 367 Å². The van der Waals surface area contributed by atoms with Gasteiger partial charge in [-0.15, -0.1) is 0 Å². The first kappa shape index (κ1) is 86.5. The zero-order chi connectivity index (χ0) is 64.8. The number of allylic oxidation sites excluding steroid dienone is 12. The van der Waals surface area contributed by atoms with Crippen LogP contribution in [-0.4, -0.2) is 74.9 Å². The van der Waals surface area contributed by atoms with Gasteiger partial charge in [0.25, 0.3) is 0 Å². The van der Waals surface area contributed by atoms with Crippen molar-refractivity contribution in [2.24, 2.45) is 0 Å². The van der Waals surface area contributed by atoms with Crippen molar-refractivity contribution in [2.75, 3.05) is 47.5 Å². The number of ether oxygens (including phenoxy) is 2. The van der Waals surface area contributed by atoms with Crippen LogP contribution < -0.4 is 0 Å². The second-order valence-electron chi connectivity index (χ2n) is 27.0. The van der Waals surface area contributed by atoms with Crippen LogP contribution >= 0.6 is 7.82 Å². The van der Waals surface area contributed by atoms with E-state index in [-0.39, 0.29) is 25.6 Å². The number of esters is 2. The van der Waals surface area contributed by atoms with Gasteiger partial charge in [-0.2, -0.15) is 0 Å². The van der Waals surface area contributed by atoms with Crippen LogP contribution in [0.2, 0.25) is 0 Å². The second-order valence-corrected chi connectivity index (χ2v) is 28.5. The highest BCUT2D eigenvalue weighted by atomic mass is 31.2. The SMILES string of the molecule is CC/C=C\C/C=C\C/C=C\C/C=C\C/C=C\C/C=C\CCCCCCCCCCCCCCCCC(=O)OC(COC(=O)CCCCCCCCCCCCCCCCCCCCCCCCCCCCCCCCCC)COP(=O)(O)OCC[N+](C)(C)C. The maximum Gasteiger partial charge on any atom is 0.472 e. The molecule has 0 saturated carbocycles. The molecule has 520 valence electrons. The fourth-order valence-electron chi connectivity index (χ4n) is 11.2. The van der Waals surface area contributed by atoms with E-state index in [1.165, 1.54) is 257 Å². The number of unbranched alkanes of at least 4 members (excludes halogenated alkanes) is 45. The first-order valence-electron chi connectivity index (χ1n) is 38.2. The van der Waals surface area contributed by atoms with E-state index in [1.54, 1.807) is 0 Å². The van der Waals surface area contributed by atoms with E-state index < -0.39 is 26.5 Å². The molecule has 0 rings (SSSR count). The molecule has 89 heavy (non-hydrogen) atoms. The lowest BCUT2D eigenvalue weighted by atomic mass is 10.0. The normalized spacial score (nSPS) is 13.5. The number of phosphoric ester groups is 1. The van der Waals surface area contributed by atoms with Gasteiger partial charge in [-0.1, -0.05) is 363 Å². The van der Waals surface area contributed by atoms with Crippen molar-refractivity contribution >= 4 is 19.8 Å². The largest absolute Gasteiger partial charge is 0.472 e. The van der Waals surface area contributed by atoms with Crippen molar-refractivity contribution in [3.05, 3.63) is 72.9 Å². The van der Waals surface area contributed by atoms with E-state index in [4.69, 9.17) is 18.5 Å². The summed E-state index contributed by atoms with van der Waals surface area (Å²) in [7, 11) is 1.49. The number of likely N-dealkylation sites (N-methyl/N-ethyl adjacent to an activating group) is 1. The Morgan fingerprint density at radius 2 is 0.640 bits per heavy atom. The molecule has 0 amide bonds. The van der Waals surface area contributed by atoms with E-state index in [0.717, 1.165) is 77.0 Å². The van der Waals surface area contributed by atoms with Gasteiger partial charge >= 0.3 is 19.8 Å². The minimum atomic E-state index is -4.40. The van der Waals surface area contributed by atoms with Crippen molar-refractivity contribution in [1.29, 1.82) is 0 Å². The average Bonchev–Trinajstić information content (AvgIpc) is 3.60. The number of hydrogen-bond donors (Lipinski definition) is 1. The van der Waals surface area contributed by atoms with Crippen molar-refractivity contribution in [3.8, 4) is 0 Å². The van der Waals surface area contributed by atoms with Crippen LogP contribution in [0.3, 0.4) is 0 Å². The first-order chi connectivity index (χ1) is 43.5. The summed E-state index contributed by atoms with van der Waals surface area (Å²) in [4.78, 5) is 35.9. The van der Waals surface area contributed by atoms with Gasteiger partial charge in [0.1, 0.15) is 19.8 Å².